The van der Waals surface area contributed by atoms with Gasteiger partial charge in [0.15, 0.2) is 6.04 Å². The summed E-state index contributed by atoms with van der Waals surface area (Å²) in [7, 11) is 0. The molecule has 1 atom stereocenters. The van der Waals surface area contributed by atoms with Crippen molar-refractivity contribution >= 4 is 23.2 Å². The Hall–Kier alpha value is -2.74. The summed E-state index contributed by atoms with van der Waals surface area (Å²) in [5.41, 5.74) is 8.70. The Labute approximate surface area is 135 Å². The number of amides is 2. The fourth-order valence-corrected chi connectivity index (χ4v) is 2.54. The van der Waals surface area contributed by atoms with Crippen molar-refractivity contribution < 1.29 is 22.8 Å². The van der Waals surface area contributed by atoms with E-state index in [4.69, 9.17) is 5.53 Å². The Morgan fingerprint density at radius 3 is 2.29 bits per heavy atom. The van der Waals surface area contributed by atoms with Gasteiger partial charge in [0, 0.05) is 11.0 Å². The van der Waals surface area contributed by atoms with Gasteiger partial charge in [0.05, 0.1) is 11.4 Å². The molecule has 1 aromatic rings. The smallest absolute Gasteiger partial charge is 0.307 e. The highest BCUT2D eigenvalue weighted by Gasteiger charge is 2.44. The molecular formula is C14H14F3N5O2. The van der Waals surface area contributed by atoms with Gasteiger partial charge in [0.1, 0.15) is 6.54 Å². The zero-order valence-corrected chi connectivity index (χ0v) is 12.9. The standard InChI is InChI=1S/C14H14F3N5O2/c1-8(2)22-10-6-4-3-5-9(10)21(7-14(15,16)17)12(23)11(13(22)24)19-20-18/h3-6,8,11H,7H2,1-2H3. The lowest BCUT2D eigenvalue weighted by molar-refractivity contribution is -0.136. The van der Waals surface area contributed by atoms with E-state index >= 15 is 0 Å². The van der Waals surface area contributed by atoms with Gasteiger partial charge in [-0.25, -0.2) is 0 Å². The molecule has 0 spiro atoms. The summed E-state index contributed by atoms with van der Waals surface area (Å²) in [6.45, 7) is 1.71. The third kappa shape index (κ3) is 3.28. The van der Waals surface area contributed by atoms with Gasteiger partial charge in [0.25, 0.3) is 0 Å². The van der Waals surface area contributed by atoms with E-state index in [2.05, 4.69) is 10.0 Å². The molecule has 0 radical (unpaired) electrons. The van der Waals surface area contributed by atoms with Crippen LogP contribution in [0.15, 0.2) is 29.4 Å². The van der Waals surface area contributed by atoms with Crippen molar-refractivity contribution in [2.75, 3.05) is 16.3 Å². The maximum atomic E-state index is 12.9. The molecule has 0 aliphatic carbocycles. The number of para-hydroxylation sites is 2. The Kier molecular flexibility index (Phi) is 4.70. The van der Waals surface area contributed by atoms with E-state index in [-0.39, 0.29) is 11.4 Å². The molecule has 1 aromatic carbocycles. The average molecular weight is 341 g/mol. The van der Waals surface area contributed by atoms with Crippen molar-refractivity contribution in [2.45, 2.75) is 32.1 Å². The molecule has 24 heavy (non-hydrogen) atoms. The SMILES string of the molecule is CC(C)N1C(=O)C(N=[N+]=[N-])C(=O)N(CC(F)(F)F)c2ccccc21. The first-order valence-electron chi connectivity index (χ1n) is 7.02. The number of nitrogens with zero attached hydrogens (tertiary/aromatic N) is 5. The van der Waals surface area contributed by atoms with Crippen LogP contribution in [0.5, 0.6) is 0 Å². The predicted octanol–water partition coefficient (Wildman–Crippen LogP) is 3.02. The monoisotopic (exact) mass is 341 g/mol. The van der Waals surface area contributed by atoms with Crippen molar-refractivity contribution in [1.82, 2.24) is 0 Å². The normalized spacial score (nSPS) is 18.3. The number of alkyl halides is 3. The molecule has 128 valence electrons. The molecule has 1 heterocycles. The van der Waals surface area contributed by atoms with Gasteiger partial charge in [-0.05, 0) is 31.5 Å². The van der Waals surface area contributed by atoms with E-state index in [1.807, 2.05) is 0 Å². The van der Waals surface area contributed by atoms with Crippen LogP contribution < -0.4 is 9.80 Å². The van der Waals surface area contributed by atoms with E-state index in [0.717, 1.165) is 0 Å². The zero-order chi connectivity index (χ0) is 18.1. The minimum absolute atomic E-state index is 0.0579. The molecule has 0 saturated carbocycles. The highest BCUT2D eigenvalue weighted by molar-refractivity contribution is 6.20. The number of benzene rings is 1. The lowest BCUT2D eigenvalue weighted by Crippen LogP contribution is -2.48. The Balaban J connectivity index is 2.70. The van der Waals surface area contributed by atoms with E-state index in [9.17, 15) is 22.8 Å². The molecule has 0 aromatic heterocycles. The van der Waals surface area contributed by atoms with E-state index in [1.54, 1.807) is 19.9 Å². The van der Waals surface area contributed by atoms with Gasteiger partial charge in [-0.15, -0.1) is 0 Å². The summed E-state index contributed by atoms with van der Waals surface area (Å²) in [4.78, 5) is 29.1. The minimum atomic E-state index is -4.68. The van der Waals surface area contributed by atoms with Crippen LogP contribution in [0.25, 0.3) is 10.4 Å². The van der Waals surface area contributed by atoms with Crippen molar-refractivity contribution in [1.29, 1.82) is 0 Å². The summed E-state index contributed by atoms with van der Waals surface area (Å²) >= 11 is 0. The maximum absolute atomic E-state index is 12.9. The lowest BCUT2D eigenvalue weighted by atomic mass is 10.2. The van der Waals surface area contributed by atoms with Gasteiger partial charge < -0.3 is 9.80 Å². The number of anilines is 2. The molecular weight excluding hydrogens is 327 g/mol. The van der Waals surface area contributed by atoms with Crippen LogP contribution in [-0.4, -0.2) is 36.6 Å². The van der Waals surface area contributed by atoms with E-state index < -0.39 is 36.6 Å². The van der Waals surface area contributed by atoms with E-state index in [0.29, 0.717) is 4.90 Å². The van der Waals surface area contributed by atoms with Gasteiger partial charge >= 0.3 is 6.18 Å². The number of rotatable bonds is 3. The van der Waals surface area contributed by atoms with Gasteiger partial charge in [-0.3, -0.25) is 9.59 Å². The molecule has 1 aliphatic heterocycles. The second-order valence-corrected chi connectivity index (χ2v) is 5.44. The number of carbonyl (C=O) groups is 2. The fourth-order valence-electron chi connectivity index (χ4n) is 2.54. The lowest BCUT2D eigenvalue weighted by Gasteiger charge is -2.28. The molecule has 1 aliphatic rings. The molecule has 10 heteroatoms. The Morgan fingerprint density at radius 2 is 1.79 bits per heavy atom. The molecule has 0 bridgehead atoms. The average Bonchev–Trinajstić information content (AvgIpc) is 2.56. The topological polar surface area (TPSA) is 89.4 Å². The van der Waals surface area contributed by atoms with Crippen LogP contribution in [0.3, 0.4) is 0 Å². The second kappa shape index (κ2) is 6.40. The van der Waals surface area contributed by atoms with Crippen LogP contribution >= 0.6 is 0 Å². The van der Waals surface area contributed by atoms with Crippen LogP contribution in [0.4, 0.5) is 24.5 Å². The third-order valence-electron chi connectivity index (χ3n) is 3.42. The molecule has 2 amide bonds. The number of azide groups is 1. The molecule has 0 fully saturated rings. The largest absolute Gasteiger partial charge is 0.406 e. The van der Waals surface area contributed by atoms with Crippen LogP contribution in [-0.2, 0) is 9.59 Å². The number of carbonyl (C=O) groups excluding carboxylic acids is 2. The quantitative estimate of drug-likeness (QED) is 0.366. The molecule has 2 rings (SSSR count). The number of hydrogen-bond acceptors (Lipinski definition) is 3. The summed E-state index contributed by atoms with van der Waals surface area (Å²) in [6.07, 6.45) is -4.68. The molecule has 1 unspecified atom stereocenters. The summed E-state index contributed by atoms with van der Waals surface area (Å²) in [5, 5.41) is 3.13. The van der Waals surface area contributed by atoms with Crippen molar-refractivity contribution in [3.63, 3.8) is 0 Å². The van der Waals surface area contributed by atoms with Crippen molar-refractivity contribution in [2.24, 2.45) is 5.11 Å². The Bertz CT molecular complexity index is 713. The van der Waals surface area contributed by atoms with Gasteiger partial charge in [-0.2, -0.15) is 13.2 Å². The second-order valence-electron chi connectivity index (χ2n) is 5.44. The molecule has 7 nitrogen and oxygen atoms in total. The van der Waals surface area contributed by atoms with Crippen LogP contribution in [0, 0.1) is 0 Å². The number of halogens is 3. The maximum Gasteiger partial charge on any atom is 0.406 e. The zero-order valence-electron chi connectivity index (χ0n) is 12.9. The first-order valence-corrected chi connectivity index (χ1v) is 7.02. The van der Waals surface area contributed by atoms with Crippen LogP contribution in [0.2, 0.25) is 0 Å². The van der Waals surface area contributed by atoms with Crippen molar-refractivity contribution in [3.8, 4) is 0 Å². The molecule has 0 saturated heterocycles. The summed E-state index contributed by atoms with van der Waals surface area (Å²) < 4.78 is 38.7. The highest BCUT2D eigenvalue weighted by Crippen LogP contribution is 2.36. The predicted molar refractivity (Wildman–Crippen MR) is 80.4 cm³/mol. The minimum Gasteiger partial charge on any atom is -0.307 e. The highest BCUT2D eigenvalue weighted by atomic mass is 19.4. The van der Waals surface area contributed by atoms with Gasteiger partial charge in [0.2, 0.25) is 11.8 Å². The summed E-state index contributed by atoms with van der Waals surface area (Å²) in [6, 6.07) is 3.45. The third-order valence-corrected chi connectivity index (χ3v) is 3.42. The number of fused-ring (bicyclic) bond motifs is 1. The fraction of sp³-hybridized carbons (Fsp3) is 0.429. The first kappa shape index (κ1) is 17.6. The summed E-state index contributed by atoms with van der Waals surface area (Å²) in [5.74, 6) is -2.06. The van der Waals surface area contributed by atoms with Crippen molar-refractivity contribution in [3.05, 3.63) is 34.7 Å². The molecule has 0 N–H and O–H groups in total. The van der Waals surface area contributed by atoms with E-state index in [1.165, 1.54) is 23.1 Å². The first-order chi connectivity index (χ1) is 11.2. The van der Waals surface area contributed by atoms with Gasteiger partial charge in [-0.1, -0.05) is 17.2 Å². The Morgan fingerprint density at radius 1 is 1.21 bits per heavy atom. The number of hydrogen-bond donors (Lipinski definition) is 0. The van der Waals surface area contributed by atoms with Crippen LogP contribution in [0.1, 0.15) is 13.8 Å².